The Kier molecular flexibility index (Phi) is 9.44. The average molecular weight is 641 g/mol. The smallest absolute Gasteiger partial charge is 0.335 e. The first-order chi connectivity index (χ1) is 22.8. The average Bonchev–Trinajstić information content (AvgIpc) is 3.48. The normalized spacial score (nSPS) is 19.8. The summed E-state index contributed by atoms with van der Waals surface area (Å²) < 4.78 is 11.1. The molecule has 3 aliphatic heterocycles. The van der Waals surface area contributed by atoms with Crippen LogP contribution >= 0.6 is 0 Å². The van der Waals surface area contributed by atoms with Crippen LogP contribution < -0.4 is 19.9 Å². The molecule has 3 heterocycles. The molecule has 0 spiro atoms. The van der Waals surface area contributed by atoms with Gasteiger partial charge in [0.05, 0.1) is 18.3 Å². The Bertz CT molecular complexity index is 1630. The number of carbonyl (C=O) groups is 4. The van der Waals surface area contributed by atoms with E-state index in [9.17, 15) is 24.3 Å². The molecule has 2 N–H and O–H groups in total. The number of nitrogens with zero attached hydrogens (tertiary/aromatic N) is 3. The third-order valence-corrected chi connectivity index (χ3v) is 9.41. The summed E-state index contributed by atoms with van der Waals surface area (Å²) in [5, 5.41) is 12.2. The van der Waals surface area contributed by atoms with Gasteiger partial charge in [-0.2, -0.15) is 0 Å². The van der Waals surface area contributed by atoms with Crippen LogP contribution in [0.2, 0.25) is 0 Å². The predicted molar refractivity (Wildman–Crippen MR) is 177 cm³/mol. The molecule has 3 aromatic rings. The summed E-state index contributed by atoms with van der Waals surface area (Å²) in [5.74, 6) is -2.36. The largest absolute Gasteiger partial charge is 0.494 e. The maximum atomic E-state index is 14.3. The van der Waals surface area contributed by atoms with Gasteiger partial charge in [0.15, 0.2) is 0 Å². The summed E-state index contributed by atoms with van der Waals surface area (Å²) in [5.41, 5.74) is 3.99. The Morgan fingerprint density at radius 2 is 1.64 bits per heavy atom. The Morgan fingerprint density at radius 1 is 0.915 bits per heavy atom. The highest BCUT2D eigenvalue weighted by Gasteiger charge is 2.45. The zero-order chi connectivity index (χ0) is 33.1. The van der Waals surface area contributed by atoms with Crippen LogP contribution in [0.3, 0.4) is 0 Å². The van der Waals surface area contributed by atoms with Crippen molar-refractivity contribution in [3.63, 3.8) is 0 Å². The second kappa shape index (κ2) is 13.8. The summed E-state index contributed by atoms with van der Waals surface area (Å²) in [6.45, 7) is 4.75. The number of hydrogen-bond acceptors (Lipinski definition) is 7. The molecule has 47 heavy (non-hydrogen) atoms. The number of anilines is 3. The van der Waals surface area contributed by atoms with Crippen LogP contribution in [-0.4, -0.2) is 79.7 Å². The molecule has 2 fully saturated rings. The molecule has 0 bridgehead atoms. The van der Waals surface area contributed by atoms with Gasteiger partial charge in [-0.15, -0.1) is 0 Å². The van der Waals surface area contributed by atoms with Crippen molar-refractivity contribution in [2.24, 2.45) is 5.92 Å². The molecule has 0 aliphatic carbocycles. The van der Waals surface area contributed by atoms with Gasteiger partial charge in [0, 0.05) is 50.4 Å². The number of benzene rings is 3. The van der Waals surface area contributed by atoms with Crippen LogP contribution in [-0.2, 0) is 25.5 Å². The number of methoxy groups -OCH3 is 1. The number of carboxylic acid groups (broad SMARTS) is 1. The Balaban J connectivity index is 1.29. The van der Waals surface area contributed by atoms with Gasteiger partial charge in [-0.1, -0.05) is 12.1 Å². The highest BCUT2D eigenvalue weighted by Crippen LogP contribution is 2.39. The van der Waals surface area contributed by atoms with Gasteiger partial charge in [-0.05, 0) is 98.3 Å². The lowest BCUT2D eigenvalue weighted by molar-refractivity contribution is -0.145. The molecule has 3 aromatic carbocycles. The van der Waals surface area contributed by atoms with Gasteiger partial charge >= 0.3 is 5.97 Å². The van der Waals surface area contributed by atoms with E-state index in [2.05, 4.69) is 16.3 Å². The Morgan fingerprint density at radius 3 is 2.30 bits per heavy atom. The number of piperidine rings is 1. The molecule has 2 atom stereocenters. The van der Waals surface area contributed by atoms with Crippen molar-refractivity contribution in [2.75, 3.05) is 55.0 Å². The fourth-order valence-electron chi connectivity index (χ4n) is 6.96. The van der Waals surface area contributed by atoms with Crippen LogP contribution in [0, 0.1) is 5.92 Å². The van der Waals surface area contributed by atoms with Crippen LogP contribution in [0.1, 0.15) is 53.7 Å². The number of nitrogens with one attached hydrogen (secondary N) is 1. The number of rotatable bonds is 9. The molecule has 3 amide bonds. The van der Waals surface area contributed by atoms with Crippen LogP contribution in [0.25, 0.3) is 0 Å². The van der Waals surface area contributed by atoms with Crippen molar-refractivity contribution in [1.82, 2.24) is 4.90 Å². The fourth-order valence-corrected chi connectivity index (χ4v) is 6.96. The molecule has 6 rings (SSSR count). The van der Waals surface area contributed by atoms with Gasteiger partial charge in [-0.3, -0.25) is 14.4 Å². The molecule has 0 saturated carbocycles. The molecule has 246 valence electrons. The maximum Gasteiger partial charge on any atom is 0.335 e. The first-order valence-corrected chi connectivity index (χ1v) is 16.2. The molecule has 11 nitrogen and oxygen atoms in total. The number of carboxylic acids is 1. The minimum absolute atomic E-state index is 0.0986. The highest BCUT2D eigenvalue weighted by molar-refractivity contribution is 6.11. The lowest BCUT2D eigenvalue weighted by Gasteiger charge is -2.40. The van der Waals surface area contributed by atoms with E-state index in [-0.39, 0.29) is 30.0 Å². The van der Waals surface area contributed by atoms with E-state index in [4.69, 9.17) is 9.47 Å². The standard InChI is InChI=1S/C36H40N4O7/c1-3-47-27-13-11-25(12-14-27)39-21-18-30(34(39)42)35(43)40-22-17-28-29(5-4-6-31(28)38-19-15-26(46-2)16-20-38)32(40)33(41)37-24-9-7-23(8-10-24)36(44)45/h4-14,26,30,32H,3,15-22H2,1-2H3,(H,37,41)(H,44,45). The molecule has 0 aromatic heterocycles. The maximum absolute atomic E-state index is 14.3. The van der Waals surface area contributed by atoms with E-state index >= 15 is 0 Å². The zero-order valence-electron chi connectivity index (χ0n) is 26.7. The fraction of sp³-hybridized carbons (Fsp3) is 0.389. The van der Waals surface area contributed by atoms with Crippen molar-refractivity contribution in [2.45, 2.75) is 44.8 Å². The minimum atomic E-state index is -1.07. The lowest BCUT2D eigenvalue weighted by Crippen LogP contribution is -2.49. The molecule has 2 saturated heterocycles. The summed E-state index contributed by atoms with van der Waals surface area (Å²) in [7, 11) is 1.74. The molecule has 2 unspecified atom stereocenters. The van der Waals surface area contributed by atoms with Crippen molar-refractivity contribution in [3.05, 3.63) is 83.4 Å². The van der Waals surface area contributed by atoms with Crippen molar-refractivity contribution >= 4 is 40.8 Å². The van der Waals surface area contributed by atoms with Crippen LogP contribution in [0.15, 0.2) is 66.7 Å². The number of hydrogen-bond donors (Lipinski definition) is 2. The van der Waals surface area contributed by atoms with Crippen LogP contribution in [0.5, 0.6) is 5.75 Å². The summed E-state index contributed by atoms with van der Waals surface area (Å²) in [6, 6.07) is 18.0. The quantitative estimate of drug-likeness (QED) is 0.327. The lowest BCUT2D eigenvalue weighted by atomic mass is 9.88. The molecule has 11 heteroatoms. The monoisotopic (exact) mass is 640 g/mol. The van der Waals surface area contributed by atoms with Crippen molar-refractivity contribution < 1.29 is 33.8 Å². The van der Waals surface area contributed by atoms with E-state index in [1.807, 2.05) is 43.3 Å². The van der Waals surface area contributed by atoms with Crippen molar-refractivity contribution in [3.8, 4) is 5.75 Å². The molecular weight excluding hydrogens is 600 g/mol. The van der Waals surface area contributed by atoms with Gasteiger partial charge in [0.2, 0.25) is 11.8 Å². The Labute approximate surface area is 274 Å². The van der Waals surface area contributed by atoms with E-state index in [1.165, 1.54) is 24.3 Å². The van der Waals surface area contributed by atoms with E-state index in [0.29, 0.717) is 43.1 Å². The minimum Gasteiger partial charge on any atom is -0.494 e. The van der Waals surface area contributed by atoms with Crippen LogP contribution in [0.4, 0.5) is 17.1 Å². The first kappa shape index (κ1) is 32.1. The topological polar surface area (TPSA) is 129 Å². The van der Waals surface area contributed by atoms with E-state index in [1.54, 1.807) is 16.9 Å². The van der Waals surface area contributed by atoms with Gasteiger partial charge in [-0.25, -0.2) is 4.79 Å². The van der Waals surface area contributed by atoms with Gasteiger partial charge < -0.3 is 34.6 Å². The third-order valence-electron chi connectivity index (χ3n) is 9.41. The number of amides is 3. The van der Waals surface area contributed by atoms with Gasteiger partial charge in [0.1, 0.15) is 17.7 Å². The second-order valence-electron chi connectivity index (χ2n) is 12.1. The number of fused-ring (bicyclic) bond motifs is 1. The summed E-state index contributed by atoms with van der Waals surface area (Å²) >= 11 is 0. The Hall–Kier alpha value is -4.90. The molecule has 3 aliphatic rings. The zero-order valence-corrected chi connectivity index (χ0v) is 26.7. The van der Waals surface area contributed by atoms with E-state index < -0.39 is 23.8 Å². The summed E-state index contributed by atoms with van der Waals surface area (Å²) in [6.07, 6.45) is 2.90. The number of ether oxygens (including phenoxy) is 2. The van der Waals surface area contributed by atoms with Gasteiger partial charge in [0.25, 0.3) is 5.91 Å². The molecular formula is C36H40N4O7. The number of aromatic carboxylic acids is 1. The SMILES string of the molecule is CCOc1ccc(N2CCC(C(=O)N3CCc4c(cccc4N4CCC(OC)CC4)C3C(=O)Nc3ccc(C(=O)O)cc3)C2=O)cc1. The first-order valence-electron chi connectivity index (χ1n) is 16.2. The van der Waals surface area contributed by atoms with E-state index in [0.717, 1.165) is 42.7 Å². The third kappa shape index (κ3) is 6.53. The highest BCUT2D eigenvalue weighted by atomic mass is 16.5. The molecule has 0 radical (unpaired) electrons. The number of carbonyl (C=O) groups excluding carboxylic acids is 3. The second-order valence-corrected chi connectivity index (χ2v) is 12.1. The predicted octanol–water partition coefficient (Wildman–Crippen LogP) is 4.52. The summed E-state index contributed by atoms with van der Waals surface area (Å²) in [4.78, 5) is 59.0. The van der Waals surface area contributed by atoms with Crippen molar-refractivity contribution in [1.29, 1.82) is 0 Å².